The van der Waals surface area contributed by atoms with E-state index in [0.29, 0.717) is 23.9 Å². The molecule has 1 atom stereocenters. The van der Waals surface area contributed by atoms with Crippen LogP contribution in [-0.4, -0.2) is 50.3 Å². The second-order valence-electron chi connectivity index (χ2n) is 4.97. The molecule has 1 unspecified atom stereocenters. The minimum absolute atomic E-state index is 0.0427. The fourth-order valence-corrected chi connectivity index (χ4v) is 2.20. The predicted molar refractivity (Wildman–Crippen MR) is 80.4 cm³/mol. The number of nitrogens with one attached hydrogen (secondary N) is 2. The van der Waals surface area contributed by atoms with E-state index in [1.54, 1.807) is 18.0 Å². The molecule has 0 radical (unpaired) electrons. The highest BCUT2D eigenvalue weighted by Crippen LogP contribution is 2.20. The molecule has 5 nitrogen and oxygen atoms in total. The molecule has 0 spiro atoms. The average molecular weight is 298 g/mol. The van der Waals surface area contributed by atoms with E-state index >= 15 is 0 Å². The first kappa shape index (κ1) is 15.1. The fraction of sp³-hybridized carbons (Fsp3) is 0.500. The third kappa shape index (κ3) is 4.10. The maximum atomic E-state index is 12.1. The van der Waals surface area contributed by atoms with Crippen molar-refractivity contribution in [2.24, 2.45) is 0 Å². The monoisotopic (exact) mass is 297 g/mol. The highest BCUT2D eigenvalue weighted by Gasteiger charge is 2.18. The number of nitrogens with zero attached hydrogens (tertiary/aromatic N) is 1. The molecule has 0 bridgehead atoms. The summed E-state index contributed by atoms with van der Waals surface area (Å²) in [6, 6.07) is 5.30. The summed E-state index contributed by atoms with van der Waals surface area (Å²) in [4.78, 5) is 13.7. The number of rotatable bonds is 3. The van der Waals surface area contributed by atoms with Crippen LogP contribution in [0.3, 0.4) is 0 Å². The number of halogens is 1. The van der Waals surface area contributed by atoms with Crippen LogP contribution in [0.4, 0.5) is 10.5 Å². The number of ether oxygens (including phenoxy) is 1. The van der Waals surface area contributed by atoms with E-state index in [9.17, 15) is 4.79 Å². The molecule has 0 aromatic heterocycles. The van der Waals surface area contributed by atoms with E-state index in [-0.39, 0.29) is 12.1 Å². The van der Waals surface area contributed by atoms with E-state index < -0.39 is 0 Å². The number of likely N-dealkylation sites (N-methyl/N-ethyl adjacent to an activating group) is 1. The molecule has 2 rings (SSSR count). The summed E-state index contributed by atoms with van der Waals surface area (Å²) >= 11 is 6.04. The normalized spacial score (nSPS) is 18.6. The molecular formula is C14H20ClN3O2. The largest absolute Gasteiger partial charge is 0.374 e. The minimum atomic E-state index is -0.168. The van der Waals surface area contributed by atoms with Gasteiger partial charge in [-0.2, -0.15) is 0 Å². The molecular weight excluding hydrogens is 278 g/mol. The molecule has 6 heteroatoms. The Balaban J connectivity index is 1.88. The summed E-state index contributed by atoms with van der Waals surface area (Å²) in [7, 11) is 1.75. The number of urea groups is 1. The summed E-state index contributed by atoms with van der Waals surface area (Å²) in [5.41, 5.74) is 1.68. The summed E-state index contributed by atoms with van der Waals surface area (Å²) in [6.07, 6.45) is 0.0427. The lowest BCUT2D eigenvalue weighted by Crippen LogP contribution is -2.46. The van der Waals surface area contributed by atoms with E-state index in [1.165, 1.54) is 0 Å². The number of aryl methyl sites for hydroxylation is 1. The quantitative estimate of drug-likeness (QED) is 0.898. The molecule has 1 heterocycles. The van der Waals surface area contributed by atoms with Crippen molar-refractivity contribution in [2.45, 2.75) is 13.0 Å². The lowest BCUT2D eigenvalue weighted by atomic mass is 10.2. The second kappa shape index (κ2) is 6.92. The SMILES string of the molecule is Cc1ccc(NC(=O)N(C)CC2CNCCO2)cc1Cl. The smallest absolute Gasteiger partial charge is 0.321 e. The van der Waals surface area contributed by atoms with E-state index in [2.05, 4.69) is 10.6 Å². The van der Waals surface area contributed by atoms with Crippen molar-refractivity contribution >= 4 is 23.3 Å². The molecule has 1 saturated heterocycles. The standard InChI is InChI=1S/C14H20ClN3O2/c1-10-3-4-11(7-13(10)15)17-14(19)18(2)9-12-8-16-5-6-20-12/h3-4,7,12,16H,5-6,8-9H2,1-2H3,(H,17,19). The van der Waals surface area contributed by atoms with Crippen LogP contribution in [0.15, 0.2) is 18.2 Å². The Bertz CT molecular complexity index is 475. The van der Waals surface area contributed by atoms with E-state index in [4.69, 9.17) is 16.3 Å². The lowest BCUT2D eigenvalue weighted by molar-refractivity contribution is 0.0164. The van der Waals surface area contributed by atoms with E-state index in [1.807, 2.05) is 19.1 Å². The van der Waals surface area contributed by atoms with E-state index in [0.717, 1.165) is 18.7 Å². The fourth-order valence-electron chi connectivity index (χ4n) is 2.01. The number of carbonyl (C=O) groups excluding carboxylic acids is 1. The molecule has 0 saturated carbocycles. The van der Waals surface area contributed by atoms with Gasteiger partial charge in [0.1, 0.15) is 0 Å². The molecule has 1 aromatic rings. The Morgan fingerprint density at radius 1 is 1.60 bits per heavy atom. The van der Waals surface area contributed by atoms with Crippen molar-refractivity contribution < 1.29 is 9.53 Å². The topological polar surface area (TPSA) is 53.6 Å². The Kier molecular flexibility index (Phi) is 5.23. The van der Waals surface area contributed by atoms with Gasteiger partial charge in [0, 0.05) is 37.4 Å². The van der Waals surface area contributed by atoms with Gasteiger partial charge < -0.3 is 20.3 Å². The molecule has 1 aromatic carbocycles. The number of anilines is 1. The van der Waals surface area contributed by atoms with Crippen molar-refractivity contribution in [3.63, 3.8) is 0 Å². The first-order valence-electron chi connectivity index (χ1n) is 6.67. The van der Waals surface area contributed by atoms with Crippen LogP contribution < -0.4 is 10.6 Å². The van der Waals surface area contributed by atoms with Gasteiger partial charge in [-0.3, -0.25) is 0 Å². The highest BCUT2D eigenvalue weighted by molar-refractivity contribution is 6.31. The average Bonchev–Trinajstić information content (AvgIpc) is 2.44. The Hall–Kier alpha value is -1.30. The number of morpholine rings is 1. The van der Waals surface area contributed by atoms with Gasteiger partial charge in [-0.1, -0.05) is 17.7 Å². The van der Waals surface area contributed by atoms with Crippen LogP contribution in [0, 0.1) is 6.92 Å². The molecule has 110 valence electrons. The maximum absolute atomic E-state index is 12.1. The molecule has 1 aliphatic rings. The van der Waals surface area contributed by atoms with Crippen molar-refractivity contribution in [3.8, 4) is 0 Å². The molecule has 2 amide bonds. The van der Waals surface area contributed by atoms with Gasteiger partial charge in [0.2, 0.25) is 0 Å². The molecule has 1 fully saturated rings. The predicted octanol–water partition coefficient (Wildman–Crippen LogP) is 2.10. The number of carbonyl (C=O) groups is 1. The first-order chi connectivity index (χ1) is 9.56. The third-order valence-electron chi connectivity index (χ3n) is 3.25. The summed E-state index contributed by atoms with van der Waals surface area (Å²) in [5.74, 6) is 0. The number of hydrogen-bond acceptors (Lipinski definition) is 3. The van der Waals surface area contributed by atoms with Gasteiger partial charge in [0.15, 0.2) is 0 Å². The van der Waals surface area contributed by atoms with Crippen molar-refractivity contribution in [1.29, 1.82) is 0 Å². The van der Waals surface area contributed by atoms with Gasteiger partial charge in [-0.25, -0.2) is 4.79 Å². The van der Waals surface area contributed by atoms with Crippen molar-refractivity contribution in [3.05, 3.63) is 28.8 Å². The highest BCUT2D eigenvalue weighted by atomic mass is 35.5. The zero-order valence-electron chi connectivity index (χ0n) is 11.8. The van der Waals surface area contributed by atoms with Gasteiger partial charge >= 0.3 is 6.03 Å². The van der Waals surface area contributed by atoms with Crippen LogP contribution >= 0.6 is 11.6 Å². The van der Waals surface area contributed by atoms with Crippen LogP contribution in [-0.2, 0) is 4.74 Å². The number of hydrogen-bond donors (Lipinski definition) is 2. The number of amides is 2. The van der Waals surface area contributed by atoms with Crippen LogP contribution in [0.5, 0.6) is 0 Å². The van der Waals surface area contributed by atoms with Crippen molar-refractivity contribution in [2.75, 3.05) is 38.6 Å². The van der Waals surface area contributed by atoms with Gasteiger partial charge in [0.05, 0.1) is 12.7 Å². The van der Waals surface area contributed by atoms with Crippen LogP contribution in [0.2, 0.25) is 5.02 Å². The van der Waals surface area contributed by atoms with Crippen LogP contribution in [0.25, 0.3) is 0 Å². The third-order valence-corrected chi connectivity index (χ3v) is 3.66. The lowest BCUT2D eigenvalue weighted by Gasteiger charge is -2.28. The van der Waals surface area contributed by atoms with Crippen LogP contribution in [0.1, 0.15) is 5.56 Å². The molecule has 1 aliphatic heterocycles. The molecule has 2 N–H and O–H groups in total. The second-order valence-corrected chi connectivity index (χ2v) is 5.38. The summed E-state index contributed by atoms with van der Waals surface area (Å²) in [5, 5.41) is 6.71. The molecule has 0 aliphatic carbocycles. The Labute approximate surface area is 124 Å². The Morgan fingerprint density at radius 2 is 2.40 bits per heavy atom. The zero-order valence-corrected chi connectivity index (χ0v) is 12.5. The minimum Gasteiger partial charge on any atom is -0.374 e. The summed E-state index contributed by atoms with van der Waals surface area (Å²) in [6.45, 7) is 4.81. The first-order valence-corrected chi connectivity index (χ1v) is 7.04. The van der Waals surface area contributed by atoms with Gasteiger partial charge in [-0.15, -0.1) is 0 Å². The number of benzene rings is 1. The van der Waals surface area contributed by atoms with Crippen molar-refractivity contribution in [1.82, 2.24) is 10.2 Å². The summed E-state index contributed by atoms with van der Waals surface area (Å²) < 4.78 is 5.58. The van der Waals surface area contributed by atoms with Gasteiger partial charge in [-0.05, 0) is 24.6 Å². The van der Waals surface area contributed by atoms with Gasteiger partial charge in [0.25, 0.3) is 0 Å². The molecule has 20 heavy (non-hydrogen) atoms. The zero-order chi connectivity index (χ0) is 14.5. The maximum Gasteiger partial charge on any atom is 0.321 e. The Morgan fingerprint density at radius 3 is 3.05 bits per heavy atom.